The molecule has 0 spiro atoms. The number of likely N-dealkylation sites (tertiary alicyclic amines) is 1. The number of fused-ring (bicyclic) bond motifs is 2. The summed E-state index contributed by atoms with van der Waals surface area (Å²) in [7, 11) is 2.13. The molecule has 0 unspecified atom stereocenters. The summed E-state index contributed by atoms with van der Waals surface area (Å²) in [6.07, 6.45) is 4.68. The van der Waals surface area contributed by atoms with Gasteiger partial charge in [-0.3, -0.25) is 4.98 Å². The largest absolute Gasteiger partial charge is 0.462 e. The average molecular weight is 599 g/mol. The van der Waals surface area contributed by atoms with E-state index in [2.05, 4.69) is 57.1 Å². The summed E-state index contributed by atoms with van der Waals surface area (Å²) in [6.45, 7) is 10.1. The highest BCUT2D eigenvalue weighted by atomic mass is 16.6. The van der Waals surface area contributed by atoms with Crippen LogP contribution in [0.1, 0.15) is 51.3 Å². The Hall–Kier alpha value is -4.17. The molecule has 0 bridgehead atoms. The minimum Gasteiger partial charge on any atom is -0.462 e. The van der Waals surface area contributed by atoms with Crippen LogP contribution >= 0.6 is 0 Å². The van der Waals surface area contributed by atoms with Gasteiger partial charge in [0.2, 0.25) is 0 Å². The number of anilines is 2. The van der Waals surface area contributed by atoms with Crippen molar-refractivity contribution in [2.24, 2.45) is 0 Å². The van der Waals surface area contributed by atoms with Crippen LogP contribution in [-0.4, -0.2) is 94.9 Å². The lowest BCUT2D eigenvalue weighted by molar-refractivity contribution is 0.0144. The van der Waals surface area contributed by atoms with Gasteiger partial charge >= 0.3 is 12.1 Å². The summed E-state index contributed by atoms with van der Waals surface area (Å²) in [4.78, 5) is 36.3. The quantitative estimate of drug-likeness (QED) is 0.405. The maximum atomic E-state index is 13.0. The summed E-state index contributed by atoms with van der Waals surface area (Å²) in [5, 5.41) is 10.8. The van der Waals surface area contributed by atoms with E-state index in [1.54, 1.807) is 4.90 Å². The second-order valence-electron chi connectivity index (χ2n) is 13.0. The number of nitriles is 1. The van der Waals surface area contributed by atoms with Crippen LogP contribution in [0, 0.1) is 11.3 Å². The third-order valence-corrected chi connectivity index (χ3v) is 8.79. The molecule has 3 aliphatic rings. The zero-order chi connectivity index (χ0) is 30.8. The van der Waals surface area contributed by atoms with Crippen molar-refractivity contribution in [1.82, 2.24) is 24.8 Å². The number of pyridine rings is 1. The van der Waals surface area contributed by atoms with Gasteiger partial charge in [-0.15, -0.1) is 0 Å². The zero-order valence-electron chi connectivity index (χ0n) is 26.2. The molecule has 1 aromatic carbocycles. The molecule has 44 heavy (non-hydrogen) atoms. The molecule has 2 atom stereocenters. The standard InChI is InChI=1S/C33H42N8O3/c1-33(2,3)44-32(42)41-19-18-40(20-24(41)12-14-34)30-26-13-17-39(28-11-5-8-23-9-6-15-35-29(23)28)21-27(26)36-31(37-30)43-22-25-10-7-16-38(25)4/h5-6,8-9,11,15,24-25H,7,10,12-13,16-22H2,1-4H3/t24-,25-/m0/s1. The molecule has 6 rings (SSSR count). The van der Waals surface area contributed by atoms with E-state index in [4.69, 9.17) is 19.4 Å². The number of ether oxygens (including phenoxy) is 2. The number of piperazine rings is 1. The number of aromatic nitrogens is 3. The fraction of sp³-hybridized carbons (Fsp3) is 0.545. The van der Waals surface area contributed by atoms with Gasteiger partial charge in [-0.25, -0.2) is 4.79 Å². The van der Waals surface area contributed by atoms with Crippen molar-refractivity contribution in [2.75, 3.05) is 56.2 Å². The van der Waals surface area contributed by atoms with Crippen molar-refractivity contribution in [1.29, 1.82) is 5.26 Å². The third-order valence-electron chi connectivity index (χ3n) is 8.79. The molecule has 2 fully saturated rings. The van der Waals surface area contributed by atoms with Crippen molar-refractivity contribution in [3.63, 3.8) is 0 Å². The third kappa shape index (κ3) is 6.36. The second kappa shape index (κ2) is 12.4. The van der Waals surface area contributed by atoms with E-state index >= 15 is 0 Å². The van der Waals surface area contributed by atoms with Crippen LogP contribution in [-0.2, 0) is 17.7 Å². The maximum Gasteiger partial charge on any atom is 0.410 e. The smallest absolute Gasteiger partial charge is 0.410 e. The normalized spacial score (nSPS) is 20.8. The van der Waals surface area contributed by atoms with E-state index < -0.39 is 5.60 Å². The number of benzene rings is 1. The van der Waals surface area contributed by atoms with Gasteiger partial charge in [0, 0.05) is 49.4 Å². The zero-order valence-corrected chi connectivity index (χ0v) is 26.2. The molecule has 1 amide bonds. The Morgan fingerprint density at radius 3 is 2.68 bits per heavy atom. The molecule has 0 radical (unpaired) electrons. The highest BCUT2D eigenvalue weighted by Gasteiger charge is 2.36. The maximum absolute atomic E-state index is 13.0. The van der Waals surface area contributed by atoms with E-state index in [9.17, 15) is 10.1 Å². The summed E-state index contributed by atoms with van der Waals surface area (Å²) in [5.41, 5.74) is 3.49. The average Bonchev–Trinajstić information content (AvgIpc) is 3.42. The Balaban J connectivity index is 1.30. The Morgan fingerprint density at radius 1 is 1.07 bits per heavy atom. The summed E-state index contributed by atoms with van der Waals surface area (Å²) < 4.78 is 12.0. The van der Waals surface area contributed by atoms with E-state index in [-0.39, 0.29) is 18.6 Å². The van der Waals surface area contributed by atoms with Crippen molar-refractivity contribution in [3.05, 3.63) is 47.8 Å². The van der Waals surface area contributed by atoms with Crippen molar-refractivity contribution >= 4 is 28.5 Å². The number of carbonyl (C=O) groups excluding carboxylic acids is 1. The van der Waals surface area contributed by atoms with Crippen LogP contribution < -0.4 is 14.5 Å². The SMILES string of the molecule is CN1CCC[C@H]1COc1nc2c(c(N3CCN(C(=O)OC(C)(C)C)[C@@H](CC#N)C3)n1)CCN(c1cccc3cccnc13)C2. The minimum absolute atomic E-state index is 0.211. The predicted molar refractivity (Wildman–Crippen MR) is 169 cm³/mol. The van der Waals surface area contributed by atoms with Gasteiger partial charge in [-0.05, 0) is 65.8 Å². The number of hydrogen-bond acceptors (Lipinski definition) is 10. The predicted octanol–water partition coefficient (Wildman–Crippen LogP) is 4.40. The van der Waals surface area contributed by atoms with Crippen molar-refractivity contribution in [2.45, 2.75) is 70.7 Å². The summed E-state index contributed by atoms with van der Waals surface area (Å²) in [5.74, 6) is 0.840. The van der Waals surface area contributed by atoms with E-state index in [0.29, 0.717) is 44.8 Å². The van der Waals surface area contributed by atoms with Gasteiger partial charge in [-0.2, -0.15) is 15.2 Å². The molecule has 0 aliphatic carbocycles. The van der Waals surface area contributed by atoms with Crippen LogP contribution in [0.25, 0.3) is 10.9 Å². The molecule has 232 valence electrons. The summed E-state index contributed by atoms with van der Waals surface area (Å²) >= 11 is 0. The van der Waals surface area contributed by atoms with E-state index in [1.807, 2.05) is 33.0 Å². The van der Waals surface area contributed by atoms with Crippen LogP contribution in [0.2, 0.25) is 0 Å². The fourth-order valence-corrected chi connectivity index (χ4v) is 6.51. The Labute approximate surface area is 259 Å². The summed E-state index contributed by atoms with van der Waals surface area (Å²) in [6, 6.07) is 13.0. The van der Waals surface area contributed by atoms with E-state index in [1.165, 1.54) is 0 Å². The Kier molecular flexibility index (Phi) is 8.45. The van der Waals surface area contributed by atoms with Crippen molar-refractivity contribution in [3.8, 4) is 12.1 Å². The van der Waals surface area contributed by atoms with Gasteiger partial charge in [-0.1, -0.05) is 18.2 Å². The minimum atomic E-state index is -0.609. The highest BCUT2D eigenvalue weighted by Crippen LogP contribution is 2.34. The van der Waals surface area contributed by atoms with Crippen molar-refractivity contribution < 1.29 is 14.3 Å². The van der Waals surface area contributed by atoms with Crippen LogP contribution in [0.3, 0.4) is 0 Å². The number of amides is 1. The molecule has 11 nitrogen and oxygen atoms in total. The fourth-order valence-electron chi connectivity index (χ4n) is 6.51. The van der Waals surface area contributed by atoms with Gasteiger partial charge in [0.15, 0.2) is 0 Å². The lowest BCUT2D eigenvalue weighted by Gasteiger charge is -2.42. The molecule has 5 heterocycles. The topological polar surface area (TPSA) is 111 Å². The monoisotopic (exact) mass is 598 g/mol. The number of carbonyl (C=O) groups is 1. The van der Waals surface area contributed by atoms with Gasteiger partial charge in [0.1, 0.15) is 18.0 Å². The number of para-hydroxylation sites is 1. The highest BCUT2D eigenvalue weighted by molar-refractivity contribution is 5.90. The lowest BCUT2D eigenvalue weighted by Crippen LogP contribution is -2.56. The van der Waals surface area contributed by atoms with Crippen LogP contribution in [0.5, 0.6) is 6.01 Å². The van der Waals surface area contributed by atoms with Gasteiger partial charge < -0.3 is 29.1 Å². The van der Waals surface area contributed by atoms with Gasteiger partial charge in [0.25, 0.3) is 0 Å². The molecule has 0 N–H and O–H groups in total. The molecule has 3 aliphatic heterocycles. The van der Waals surface area contributed by atoms with Gasteiger partial charge in [0.05, 0.1) is 42.0 Å². The first-order chi connectivity index (χ1) is 21.2. The number of hydrogen-bond donors (Lipinski definition) is 0. The number of likely N-dealkylation sites (N-methyl/N-ethyl adjacent to an activating group) is 1. The molecular formula is C33H42N8O3. The first-order valence-corrected chi connectivity index (χ1v) is 15.6. The second-order valence-corrected chi connectivity index (χ2v) is 13.0. The molecule has 2 aromatic heterocycles. The van der Waals surface area contributed by atoms with Crippen LogP contribution in [0.4, 0.5) is 16.3 Å². The number of rotatable bonds is 6. The van der Waals surface area contributed by atoms with E-state index in [0.717, 1.165) is 66.0 Å². The molecular weight excluding hydrogens is 556 g/mol. The van der Waals surface area contributed by atoms with Crippen LogP contribution in [0.15, 0.2) is 36.5 Å². The molecule has 2 saturated heterocycles. The molecule has 3 aromatic rings. The Bertz CT molecular complexity index is 1550. The first-order valence-electron chi connectivity index (χ1n) is 15.6. The molecule has 0 saturated carbocycles. The number of nitrogens with zero attached hydrogens (tertiary/aromatic N) is 8. The first kappa shape index (κ1) is 29.9. The Morgan fingerprint density at radius 2 is 1.91 bits per heavy atom. The lowest BCUT2D eigenvalue weighted by atomic mass is 10.0. The molecule has 11 heteroatoms.